The molecule has 0 saturated heterocycles. The van der Waals surface area contributed by atoms with Gasteiger partial charge in [0.2, 0.25) is 0 Å². The first kappa shape index (κ1) is 19.5. The number of rotatable bonds is 13. The van der Waals surface area contributed by atoms with Crippen molar-refractivity contribution < 1.29 is 19.3 Å². The monoisotopic (exact) mass is 321 g/mol. The van der Waals surface area contributed by atoms with E-state index in [0.29, 0.717) is 24.5 Å². The third kappa shape index (κ3) is 8.60. The molecule has 0 aromatic heterocycles. The number of carbonyl (C=O) groups excluding carboxylic acids is 1. The predicted molar refractivity (Wildman–Crippen MR) is 91.3 cm³/mol. The van der Waals surface area contributed by atoms with Crippen molar-refractivity contribution in [2.45, 2.75) is 58.3 Å². The highest BCUT2D eigenvalue weighted by atomic mass is 17.2. The molecule has 0 aliphatic carbocycles. The molecule has 0 N–H and O–H groups in total. The third-order valence-corrected chi connectivity index (χ3v) is 3.52. The molecule has 0 unspecified atom stereocenters. The van der Waals surface area contributed by atoms with Gasteiger partial charge in [0.15, 0.2) is 0 Å². The molecule has 1 aromatic carbocycles. The Labute approximate surface area is 140 Å². The minimum atomic E-state index is -0.512. The van der Waals surface area contributed by atoms with Crippen LogP contribution in [-0.2, 0) is 9.78 Å². The van der Waals surface area contributed by atoms with Gasteiger partial charge in [0.1, 0.15) is 11.3 Å². The van der Waals surface area contributed by atoms with Crippen LogP contribution in [0.2, 0.25) is 0 Å². The highest BCUT2D eigenvalue weighted by Gasteiger charge is 2.14. The lowest BCUT2D eigenvalue weighted by Crippen LogP contribution is -2.09. The van der Waals surface area contributed by atoms with Gasteiger partial charge in [0, 0.05) is 0 Å². The molecular weight excluding hydrogens is 292 g/mol. The molecule has 0 bridgehead atoms. The molecule has 1 rings (SSSR count). The van der Waals surface area contributed by atoms with Crippen LogP contribution in [0, 0.1) is 6.92 Å². The van der Waals surface area contributed by atoms with Crippen LogP contribution in [0.25, 0.3) is 0 Å². The second-order valence-corrected chi connectivity index (χ2v) is 5.45. The molecule has 4 nitrogen and oxygen atoms in total. The normalized spacial score (nSPS) is 10.5. The minimum absolute atomic E-state index is 0.389. The maximum absolute atomic E-state index is 11.9. The molecule has 0 amide bonds. The summed E-state index contributed by atoms with van der Waals surface area (Å²) in [5.74, 6) is 0.00750. The van der Waals surface area contributed by atoms with E-state index in [4.69, 9.17) is 14.5 Å². The smallest absolute Gasteiger partial charge is 0.376 e. The largest absolute Gasteiger partial charge is 0.493 e. The first-order chi connectivity index (χ1) is 11.3. The number of ether oxygens (including phenoxy) is 1. The average Bonchev–Trinajstić information content (AvgIpc) is 2.57. The number of para-hydroxylation sites is 1. The Bertz CT molecular complexity index is 431. The van der Waals surface area contributed by atoms with Crippen LogP contribution < -0.4 is 4.74 Å². The molecule has 1 aromatic rings. The summed E-state index contributed by atoms with van der Waals surface area (Å²) in [6.45, 7) is 6.64. The molecule has 129 valence electrons. The lowest BCUT2D eigenvalue weighted by Gasteiger charge is -2.08. The van der Waals surface area contributed by atoms with Crippen LogP contribution in [0.4, 0.5) is 0 Å². The minimum Gasteiger partial charge on any atom is -0.493 e. The second-order valence-electron chi connectivity index (χ2n) is 5.45. The third-order valence-electron chi connectivity index (χ3n) is 3.52. The number of carbonyl (C=O) groups is 1. The number of hydrogen-bond acceptors (Lipinski definition) is 4. The second kappa shape index (κ2) is 12.9. The number of unbranched alkanes of at least 4 members (excludes halogenated alkanes) is 7. The molecule has 0 spiro atoms. The average molecular weight is 321 g/mol. The maximum atomic E-state index is 11.9. The summed E-state index contributed by atoms with van der Waals surface area (Å²) in [5.41, 5.74) is 0.389. The first-order valence-electron chi connectivity index (χ1n) is 8.64. The Morgan fingerprint density at radius 2 is 1.65 bits per heavy atom. The highest BCUT2D eigenvalue weighted by Crippen LogP contribution is 2.19. The van der Waals surface area contributed by atoms with Crippen LogP contribution in [0.15, 0.2) is 24.3 Å². The lowest BCUT2D eigenvalue weighted by molar-refractivity contribution is -0.241. The summed E-state index contributed by atoms with van der Waals surface area (Å²) in [6.07, 6.45) is 9.25. The zero-order valence-electron chi connectivity index (χ0n) is 14.2. The zero-order valence-corrected chi connectivity index (χ0v) is 14.2. The van der Waals surface area contributed by atoms with E-state index in [9.17, 15) is 4.79 Å². The Kier molecular flexibility index (Phi) is 11.0. The Hall–Kier alpha value is -1.55. The van der Waals surface area contributed by atoms with Crippen LogP contribution in [0.1, 0.15) is 68.6 Å². The summed E-state index contributed by atoms with van der Waals surface area (Å²) >= 11 is 0. The fourth-order valence-corrected chi connectivity index (χ4v) is 2.28. The molecule has 0 saturated carbocycles. The quantitative estimate of drug-likeness (QED) is 0.287. The Morgan fingerprint density at radius 1 is 1.00 bits per heavy atom. The zero-order chi connectivity index (χ0) is 16.8. The van der Waals surface area contributed by atoms with Crippen molar-refractivity contribution >= 4 is 5.97 Å². The van der Waals surface area contributed by atoms with Crippen LogP contribution in [0.5, 0.6) is 5.75 Å². The van der Waals surface area contributed by atoms with Gasteiger partial charge in [-0.3, -0.25) is 4.89 Å². The fourth-order valence-electron chi connectivity index (χ4n) is 2.28. The maximum Gasteiger partial charge on any atom is 0.376 e. The van der Waals surface area contributed by atoms with Crippen molar-refractivity contribution in [2.75, 3.05) is 13.2 Å². The van der Waals surface area contributed by atoms with Gasteiger partial charge in [-0.05, 0) is 25.5 Å². The van der Waals surface area contributed by atoms with E-state index in [1.54, 1.807) is 18.2 Å². The molecule has 0 heterocycles. The van der Waals surface area contributed by atoms with Crippen molar-refractivity contribution in [2.24, 2.45) is 0 Å². The van der Waals surface area contributed by atoms with Crippen LogP contribution in [-0.4, -0.2) is 19.2 Å². The van der Waals surface area contributed by atoms with Gasteiger partial charge < -0.3 is 4.74 Å². The standard InChI is InChI=1S/C19H29O4/c1-3-5-6-7-8-9-10-13-16-22-23-19(20)17-14-11-12-15-18(17)21-4-2/h11-12,14-15H,1,3-10,13,16H2,2H3. The molecule has 23 heavy (non-hydrogen) atoms. The van der Waals surface area contributed by atoms with Gasteiger partial charge in [0.25, 0.3) is 0 Å². The summed E-state index contributed by atoms with van der Waals surface area (Å²) in [6, 6.07) is 7.00. The molecular formula is C19H29O4. The summed E-state index contributed by atoms with van der Waals surface area (Å²) in [7, 11) is 0. The van der Waals surface area contributed by atoms with E-state index in [1.165, 1.54) is 32.1 Å². The topological polar surface area (TPSA) is 44.8 Å². The van der Waals surface area contributed by atoms with Gasteiger partial charge in [-0.15, -0.1) is 0 Å². The predicted octanol–water partition coefficient (Wildman–Crippen LogP) is 5.13. The summed E-state index contributed by atoms with van der Waals surface area (Å²) in [4.78, 5) is 21.8. The van der Waals surface area contributed by atoms with Gasteiger partial charge in [-0.2, -0.15) is 4.89 Å². The fraction of sp³-hybridized carbons (Fsp3) is 0.579. The Morgan fingerprint density at radius 3 is 2.35 bits per heavy atom. The molecule has 0 atom stereocenters. The first-order valence-corrected chi connectivity index (χ1v) is 8.64. The molecule has 4 heteroatoms. The lowest BCUT2D eigenvalue weighted by atomic mass is 10.1. The molecule has 0 aliphatic rings. The van der Waals surface area contributed by atoms with Gasteiger partial charge in [0.05, 0.1) is 13.2 Å². The van der Waals surface area contributed by atoms with Gasteiger partial charge >= 0.3 is 5.97 Å². The van der Waals surface area contributed by atoms with Crippen molar-refractivity contribution in [3.63, 3.8) is 0 Å². The molecule has 1 radical (unpaired) electrons. The van der Waals surface area contributed by atoms with Crippen molar-refractivity contribution in [1.82, 2.24) is 0 Å². The number of benzene rings is 1. The SMILES string of the molecule is [CH2]CCCCCCCCCOOC(=O)c1ccccc1OCC. The van der Waals surface area contributed by atoms with E-state index in [-0.39, 0.29) is 0 Å². The van der Waals surface area contributed by atoms with E-state index in [2.05, 4.69) is 6.92 Å². The number of hydrogen-bond donors (Lipinski definition) is 0. The van der Waals surface area contributed by atoms with Crippen molar-refractivity contribution in [1.29, 1.82) is 0 Å². The van der Waals surface area contributed by atoms with Crippen LogP contribution in [0.3, 0.4) is 0 Å². The Balaban J connectivity index is 2.10. The van der Waals surface area contributed by atoms with E-state index >= 15 is 0 Å². The molecule has 0 fully saturated rings. The van der Waals surface area contributed by atoms with Crippen LogP contribution >= 0.6 is 0 Å². The van der Waals surface area contributed by atoms with Gasteiger partial charge in [-0.25, -0.2) is 4.79 Å². The van der Waals surface area contributed by atoms with Crippen molar-refractivity contribution in [3.8, 4) is 5.75 Å². The van der Waals surface area contributed by atoms with E-state index in [0.717, 1.165) is 19.3 Å². The molecule has 0 aliphatic heterocycles. The van der Waals surface area contributed by atoms with Crippen molar-refractivity contribution in [3.05, 3.63) is 36.8 Å². The summed E-state index contributed by atoms with van der Waals surface area (Å²) in [5, 5.41) is 0. The van der Waals surface area contributed by atoms with E-state index < -0.39 is 5.97 Å². The van der Waals surface area contributed by atoms with Gasteiger partial charge in [-0.1, -0.05) is 64.0 Å². The highest BCUT2D eigenvalue weighted by molar-refractivity contribution is 5.92. The summed E-state index contributed by atoms with van der Waals surface area (Å²) < 4.78 is 5.40. The van der Waals surface area contributed by atoms with E-state index in [1.807, 2.05) is 13.0 Å².